The van der Waals surface area contributed by atoms with E-state index < -0.39 is 17.8 Å². The molecule has 7 nitrogen and oxygen atoms in total. The molecule has 1 aromatic heterocycles. The van der Waals surface area contributed by atoms with Gasteiger partial charge < -0.3 is 20.6 Å². The van der Waals surface area contributed by atoms with Crippen LogP contribution in [0.1, 0.15) is 12.0 Å². The molecular formula is C12H15N3O4. The number of aromatic nitrogens is 1. The summed E-state index contributed by atoms with van der Waals surface area (Å²) in [6, 6.07) is 4.92. The van der Waals surface area contributed by atoms with E-state index in [2.05, 4.69) is 10.3 Å². The molecule has 0 aliphatic rings. The molecule has 2 aromatic rings. The monoisotopic (exact) mass is 265 g/mol. The van der Waals surface area contributed by atoms with Crippen molar-refractivity contribution in [3.63, 3.8) is 0 Å². The standard InChI is InChI=1S/C12H15N3O4/c13-8(4-11(16)17)6-14-5-7-1-2-10-9(3-7)15-12(18)19-10/h1-3,8,14H,4-6,13H2,(H,15,18)(H,16,17). The molecule has 1 unspecified atom stereocenters. The van der Waals surface area contributed by atoms with Gasteiger partial charge in [-0.15, -0.1) is 0 Å². The van der Waals surface area contributed by atoms with Crippen molar-refractivity contribution in [2.45, 2.75) is 19.0 Å². The first-order chi connectivity index (χ1) is 9.04. The molecule has 0 aliphatic carbocycles. The number of hydrogen-bond acceptors (Lipinski definition) is 5. The lowest BCUT2D eigenvalue weighted by molar-refractivity contribution is -0.137. The van der Waals surface area contributed by atoms with Crippen LogP contribution >= 0.6 is 0 Å². The third-order valence-electron chi connectivity index (χ3n) is 2.66. The van der Waals surface area contributed by atoms with Gasteiger partial charge in [-0.1, -0.05) is 6.07 Å². The van der Waals surface area contributed by atoms with Gasteiger partial charge in [0, 0.05) is 19.1 Å². The summed E-state index contributed by atoms with van der Waals surface area (Å²) in [6.07, 6.45) is -0.0684. The van der Waals surface area contributed by atoms with Crippen LogP contribution in [0, 0.1) is 0 Å². The predicted molar refractivity (Wildman–Crippen MR) is 68.8 cm³/mol. The Morgan fingerprint density at radius 1 is 1.53 bits per heavy atom. The fraction of sp³-hybridized carbons (Fsp3) is 0.333. The maximum Gasteiger partial charge on any atom is 0.417 e. The van der Waals surface area contributed by atoms with Crippen LogP contribution in [0.15, 0.2) is 27.4 Å². The second kappa shape index (κ2) is 5.68. The smallest absolute Gasteiger partial charge is 0.417 e. The number of rotatable bonds is 6. The summed E-state index contributed by atoms with van der Waals surface area (Å²) in [7, 11) is 0. The van der Waals surface area contributed by atoms with Crippen LogP contribution in [-0.2, 0) is 11.3 Å². The predicted octanol–water partition coefficient (Wildman–Crippen LogP) is 0.0127. The molecule has 0 saturated carbocycles. The Balaban J connectivity index is 1.91. The maximum absolute atomic E-state index is 11.0. The molecule has 1 aromatic carbocycles. The molecule has 0 amide bonds. The molecule has 0 spiro atoms. The van der Waals surface area contributed by atoms with E-state index in [9.17, 15) is 9.59 Å². The van der Waals surface area contributed by atoms with Crippen LogP contribution in [0.2, 0.25) is 0 Å². The van der Waals surface area contributed by atoms with Gasteiger partial charge in [0.05, 0.1) is 11.9 Å². The van der Waals surface area contributed by atoms with Crippen molar-refractivity contribution < 1.29 is 14.3 Å². The van der Waals surface area contributed by atoms with Crippen molar-refractivity contribution in [2.75, 3.05) is 6.54 Å². The Hall–Kier alpha value is -2.12. The number of carboxylic acids is 1. The Morgan fingerprint density at radius 2 is 2.32 bits per heavy atom. The highest BCUT2D eigenvalue weighted by Gasteiger charge is 2.07. The summed E-state index contributed by atoms with van der Waals surface area (Å²) in [5.41, 5.74) is 7.73. The number of nitrogens with one attached hydrogen (secondary N) is 2. The molecule has 19 heavy (non-hydrogen) atoms. The lowest BCUT2D eigenvalue weighted by Crippen LogP contribution is -2.35. The lowest BCUT2D eigenvalue weighted by Gasteiger charge is -2.10. The van der Waals surface area contributed by atoms with Crippen LogP contribution in [0.3, 0.4) is 0 Å². The van der Waals surface area contributed by atoms with E-state index in [0.717, 1.165) is 5.56 Å². The second-order valence-electron chi connectivity index (χ2n) is 4.33. The number of oxazole rings is 1. The minimum absolute atomic E-state index is 0.0684. The van der Waals surface area contributed by atoms with Crippen LogP contribution in [0.4, 0.5) is 0 Å². The summed E-state index contributed by atoms with van der Waals surface area (Å²) in [4.78, 5) is 24.0. The molecule has 0 aliphatic heterocycles. The zero-order valence-electron chi connectivity index (χ0n) is 10.2. The topological polar surface area (TPSA) is 121 Å². The summed E-state index contributed by atoms with van der Waals surface area (Å²) in [5.74, 6) is -1.39. The lowest BCUT2D eigenvalue weighted by atomic mass is 10.2. The number of carboxylic acid groups (broad SMARTS) is 1. The molecular weight excluding hydrogens is 250 g/mol. The normalized spacial score (nSPS) is 12.7. The van der Waals surface area contributed by atoms with E-state index in [-0.39, 0.29) is 6.42 Å². The minimum atomic E-state index is -0.910. The van der Waals surface area contributed by atoms with Gasteiger partial charge in [-0.3, -0.25) is 9.78 Å². The van der Waals surface area contributed by atoms with Crippen LogP contribution in [-0.4, -0.2) is 28.6 Å². The van der Waals surface area contributed by atoms with Crippen molar-refractivity contribution >= 4 is 17.1 Å². The average molecular weight is 265 g/mol. The van der Waals surface area contributed by atoms with E-state index in [1.165, 1.54) is 0 Å². The number of aliphatic carboxylic acids is 1. The SMILES string of the molecule is NC(CNCc1ccc2oc(=O)[nH]c2c1)CC(=O)O. The molecule has 1 atom stereocenters. The Bertz CT molecular complexity index is 631. The number of carbonyl (C=O) groups is 1. The van der Waals surface area contributed by atoms with Gasteiger partial charge in [0.2, 0.25) is 0 Å². The first-order valence-corrected chi connectivity index (χ1v) is 5.84. The molecule has 0 radical (unpaired) electrons. The van der Waals surface area contributed by atoms with Crippen LogP contribution in [0.25, 0.3) is 11.1 Å². The number of benzene rings is 1. The van der Waals surface area contributed by atoms with E-state index in [0.29, 0.717) is 24.2 Å². The molecule has 0 bridgehead atoms. The van der Waals surface area contributed by atoms with Crippen LogP contribution < -0.4 is 16.8 Å². The van der Waals surface area contributed by atoms with Crippen LogP contribution in [0.5, 0.6) is 0 Å². The van der Waals surface area contributed by atoms with Gasteiger partial charge in [-0.05, 0) is 17.7 Å². The number of fused-ring (bicyclic) bond motifs is 1. The third-order valence-corrected chi connectivity index (χ3v) is 2.66. The summed E-state index contributed by atoms with van der Waals surface area (Å²) in [6.45, 7) is 0.947. The summed E-state index contributed by atoms with van der Waals surface area (Å²) < 4.78 is 4.89. The number of aromatic amines is 1. The first-order valence-electron chi connectivity index (χ1n) is 5.84. The van der Waals surface area contributed by atoms with Crippen molar-refractivity contribution in [3.05, 3.63) is 34.3 Å². The Kier molecular flexibility index (Phi) is 3.98. The van der Waals surface area contributed by atoms with Crippen molar-refractivity contribution in [3.8, 4) is 0 Å². The maximum atomic E-state index is 11.0. The Labute approximate surface area is 108 Å². The summed E-state index contributed by atoms with van der Waals surface area (Å²) >= 11 is 0. The fourth-order valence-electron chi connectivity index (χ4n) is 1.81. The van der Waals surface area contributed by atoms with Gasteiger partial charge in [0.15, 0.2) is 5.58 Å². The molecule has 0 fully saturated rings. The second-order valence-corrected chi connectivity index (χ2v) is 4.33. The molecule has 5 N–H and O–H groups in total. The zero-order chi connectivity index (χ0) is 13.8. The first kappa shape index (κ1) is 13.3. The van der Waals surface area contributed by atoms with Gasteiger partial charge in [0.25, 0.3) is 0 Å². The van der Waals surface area contributed by atoms with E-state index in [4.69, 9.17) is 15.3 Å². The number of hydrogen-bond donors (Lipinski definition) is 4. The average Bonchev–Trinajstić information content (AvgIpc) is 2.67. The largest absolute Gasteiger partial charge is 0.481 e. The van der Waals surface area contributed by atoms with Gasteiger partial charge >= 0.3 is 11.7 Å². The fourth-order valence-corrected chi connectivity index (χ4v) is 1.81. The van der Waals surface area contributed by atoms with Crippen molar-refractivity contribution in [2.24, 2.45) is 5.73 Å². The Morgan fingerprint density at radius 3 is 3.05 bits per heavy atom. The number of H-pyrrole nitrogens is 1. The van der Waals surface area contributed by atoms with E-state index >= 15 is 0 Å². The highest BCUT2D eigenvalue weighted by Crippen LogP contribution is 2.11. The van der Waals surface area contributed by atoms with Gasteiger partial charge in [0.1, 0.15) is 0 Å². The summed E-state index contributed by atoms with van der Waals surface area (Å²) in [5, 5.41) is 11.6. The molecule has 102 valence electrons. The molecule has 1 heterocycles. The molecule has 7 heteroatoms. The van der Waals surface area contributed by atoms with Gasteiger partial charge in [-0.25, -0.2) is 4.79 Å². The van der Waals surface area contributed by atoms with Gasteiger partial charge in [-0.2, -0.15) is 0 Å². The highest BCUT2D eigenvalue weighted by atomic mass is 16.4. The minimum Gasteiger partial charge on any atom is -0.481 e. The highest BCUT2D eigenvalue weighted by molar-refractivity contribution is 5.72. The number of nitrogens with two attached hydrogens (primary N) is 1. The van der Waals surface area contributed by atoms with Crippen molar-refractivity contribution in [1.29, 1.82) is 0 Å². The van der Waals surface area contributed by atoms with Crippen molar-refractivity contribution in [1.82, 2.24) is 10.3 Å². The third kappa shape index (κ3) is 3.67. The molecule has 2 rings (SSSR count). The van der Waals surface area contributed by atoms with E-state index in [1.807, 2.05) is 6.07 Å². The quantitative estimate of drug-likeness (QED) is 0.584. The zero-order valence-corrected chi connectivity index (χ0v) is 10.2. The molecule has 0 saturated heterocycles. The van der Waals surface area contributed by atoms with E-state index in [1.54, 1.807) is 12.1 Å².